The molecular formula is C19H27N5O2. The molecule has 140 valence electrons. The van der Waals surface area contributed by atoms with Crippen LogP contribution in [-0.4, -0.2) is 70.8 Å². The van der Waals surface area contributed by atoms with Gasteiger partial charge in [0, 0.05) is 44.8 Å². The second-order valence-corrected chi connectivity index (χ2v) is 6.76. The fraction of sp³-hybridized carbons (Fsp3) is 0.526. The second-order valence-electron chi connectivity index (χ2n) is 6.76. The standard InChI is InChI=1S/C19H27N5O2/c1-14-17(15(2)22-21-14)6-8-23(3)19(25)18(16-5-4-7-20-13-16)24-9-11-26-12-10-24/h4-5,7,13,18H,6,8-12H2,1-3H3,(H,21,22)/t18-/m0/s1. The Balaban J connectivity index is 1.73. The Kier molecular flexibility index (Phi) is 6.00. The molecular weight excluding hydrogens is 330 g/mol. The van der Waals surface area contributed by atoms with Crippen molar-refractivity contribution in [3.05, 3.63) is 47.0 Å². The number of aromatic nitrogens is 3. The average molecular weight is 357 g/mol. The highest BCUT2D eigenvalue weighted by atomic mass is 16.5. The first-order valence-electron chi connectivity index (χ1n) is 9.05. The number of aromatic amines is 1. The molecule has 0 spiro atoms. The van der Waals surface area contributed by atoms with Gasteiger partial charge in [-0.25, -0.2) is 0 Å². The lowest BCUT2D eigenvalue weighted by Gasteiger charge is -2.35. The number of H-pyrrole nitrogens is 1. The van der Waals surface area contributed by atoms with Crippen molar-refractivity contribution in [1.29, 1.82) is 0 Å². The van der Waals surface area contributed by atoms with Crippen molar-refractivity contribution in [3.8, 4) is 0 Å². The smallest absolute Gasteiger partial charge is 0.244 e. The van der Waals surface area contributed by atoms with Crippen LogP contribution in [0.2, 0.25) is 0 Å². The van der Waals surface area contributed by atoms with Crippen LogP contribution in [0.5, 0.6) is 0 Å². The highest BCUT2D eigenvalue weighted by Gasteiger charge is 2.31. The van der Waals surface area contributed by atoms with Crippen LogP contribution >= 0.6 is 0 Å². The molecule has 0 radical (unpaired) electrons. The number of ether oxygens (including phenoxy) is 1. The Bertz CT molecular complexity index is 705. The van der Waals surface area contributed by atoms with Gasteiger partial charge in [-0.3, -0.25) is 19.8 Å². The van der Waals surface area contributed by atoms with Gasteiger partial charge in [-0.05, 0) is 37.5 Å². The topological polar surface area (TPSA) is 74.4 Å². The summed E-state index contributed by atoms with van der Waals surface area (Å²) in [5, 5.41) is 7.24. The second kappa shape index (κ2) is 8.42. The minimum absolute atomic E-state index is 0.0960. The van der Waals surface area contributed by atoms with Crippen molar-refractivity contribution >= 4 is 5.91 Å². The van der Waals surface area contributed by atoms with Crippen molar-refractivity contribution in [2.75, 3.05) is 39.9 Å². The molecule has 1 atom stereocenters. The summed E-state index contributed by atoms with van der Waals surface area (Å²) in [7, 11) is 1.87. The zero-order chi connectivity index (χ0) is 18.5. The van der Waals surface area contributed by atoms with E-state index in [1.165, 1.54) is 5.56 Å². The largest absolute Gasteiger partial charge is 0.379 e. The number of nitrogens with zero attached hydrogens (tertiary/aromatic N) is 4. The molecule has 3 heterocycles. The van der Waals surface area contributed by atoms with Crippen molar-refractivity contribution in [2.45, 2.75) is 26.3 Å². The molecule has 26 heavy (non-hydrogen) atoms. The van der Waals surface area contributed by atoms with Gasteiger partial charge in [-0.15, -0.1) is 0 Å². The van der Waals surface area contributed by atoms with Gasteiger partial charge in [0.15, 0.2) is 0 Å². The number of carbonyl (C=O) groups excluding carboxylic acids is 1. The Morgan fingerprint density at radius 1 is 1.38 bits per heavy atom. The van der Waals surface area contributed by atoms with Crippen molar-refractivity contribution in [3.63, 3.8) is 0 Å². The molecule has 0 bridgehead atoms. The highest BCUT2D eigenvalue weighted by Crippen LogP contribution is 2.23. The Morgan fingerprint density at radius 3 is 2.77 bits per heavy atom. The number of carbonyl (C=O) groups is 1. The molecule has 0 saturated carbocycles. The molecule has 7 nitrogen and oxygen atoms in total. The number of aryl methyl sites for hydroxylation is 2. The summed E-state index contributed by atoms with van der Waals surface area (Å²) in [6.45, 7) is 7.47. The molecule has 1 amide bonds. The number of likely N-dealkylation sites (N-methyl/N-ethyl adjacent to an activating group) is 1. The van der Waals surface area contributed by atoms with Crippen LogP contribution in [0.4, 0.5) is 0 Å². The minimum atomic E-state index is -0.316. The van der Waals surface area contributed by atoms with E-state index in [1.54, 1.807) is 12.4 Å². The predicted molar refractivity (Wildman–Crippen MR) is 98.8 cm³/mol. The highest BCUT2D eigenvalue weighted by molar-refractivity contribution is 5.83. The Morgan fingerprint density at radius 2 is 2.15 bits per heavy atom. The lowest BCUT2D eigenvalue weighted by Crippen LogP contribution is -2.46. The molecule has 1 saturated heterocycles. The van der Waals surface area contributed by atoms with Crippen LogP contribution in [0.3, 0.4) is 0 Å². The predicted octanol–water partition coefficient (Wildman–Crippen LogP) is 1.50. The van der Waals surface area contributed by atoms with E-state index in [0.29, 0.717) is 19.8 Å². The number of pyridine rings is 1. The maximum atomic E-state index is 13.3. The van der Waals surface area contributed by atoms with E-state index < -0.39 is 0 Å². The van der Waals surface area contributed by atoms with Gasteiger partial charge in [0.05, 0.1) is 18.9 Å². The van der Waals surface area contributed by atoms with E-state index in [0.717, 1.165) is 36.5 Å². The van der Waals surface area contributed by atoms with Gasteiger partial charge in [-0.1, -0.05) is 6.07 Å². The summed E-state index contributed by atoms with van der Waals surface area (Å²) in [6, 6.07) is 3.54. The quantitative estimate of drug-likeness (QED) is 0.848. The lowest BCUT2D eigenvalue weighted by molar-refractivity contribution is -0.137. The van der Waals surface area contributed by atoms with Gasteiger partial charge >= 0.3 is 0 Å². The molecule has 7 heteroatoms. The molecule has 0 unspecified atom stereocenters. The van der Waals surface area contributed by atoms with E-state index >= 15 is 0 Å². The van der Waals surface area contributed by atoms with Gasteiger partial charge < -0.3 is 9.64 Å². The number of morpholine rings is 1. The van der Waals surface area contributed by atoms with Gasteiger partial charge in [-0.2, -0.15) is 5.10 Å². The molecule has 0 aromatic carbocycles. The number of rotatable bonds is 6. The zero-order valence-electron chi connectivity index (χ0n) is 15.7. The van der Waals surface area contributed by atoms with E-state index in [9.17, 15) is 4.79 Å². The van der Waals surface area contributed by atoms with Crippen LogP contribution < -0.4 is 0 Å². The van der Waals surface area contributed by atoms with Gasteiger partial charge in [0.2, 0.25) is 5.91 Å². The normalized spacial score (nSPS) is 16.4. The summed E-state index contributed by atoms with van der Waals surface area (Å²) >= 11 is 0. The first-order valence-corrected chi connectivity index (χ1v) is 9.05. The molecule has 2 aromatic rings. The Hall–Kier alpha value is -2.25. The van der Waals surface area contributed by atoms with Gasteiger partial charge in [0.1, 0.15) is 6.04 Å². The van der Waals surface area contributed by atoms with E-state index in [4.69, 9.17) is 4.74 Å². The summed E-state index contributed by atoms with van der Waals surface area (Å²) in [5.74, 6) is 0.0960. The minimum Gasteiger partial charge on any atom is -0.379 e. The van der Waals surface area contributed by atoms with Crippen LogP contribution in [0.1, 0.15) is 28.6 Å². The third-order valence-corrected chi connectivity index (χ3v) is 5.00. The first-order chi connectivity index (χ1) is 12.6. The summed E-state index contributed by atoms with van der Waals surface area (Å²) in [5.41, 5.74) is 4.19. The number of hydrogen-bond donors (Lipinski definition) is 1. The molecule has 1 N–H and O–H groups in total. The number of amides is 1. The molecule has 3 rings (SSSR count). The van der Waals surface area contributed by atoms with Crippen molar-refractivity contribution < 1.29 is 9.53 Å². The maximum Gasteiger partial charge on any atom is 0.244 e. The van der Waals surface area contributed by atoms with Crippen molar-refractivity contribution in [1.82, 2.24) is 25.0 Å². The lowest BCUT2D eigenvalue weighted by atomic mass is 10.0. The van der Waals surface area contributed by atoms with E-state index in [-0.39, 0.29) is 11.9 Å². The number of hydrogen-bond acceptors (Lipinski definition) is 5. The average Bonchev–Trinajstić information content (AvgIpc) is 2.99. The molecule has 1 aliphatic rings. The third kappa shape index (κ3) is 4.11. The van der Waals surface area contributed by atoms with Crippen LogP contribution in [-0.2, 0) is 16.0 Å². The third-order valence-electron chi connectivity index (χ3n) is 5.00. The van der Waals surface area contributed by atoms with E-state index in [1.807, 2.05) is 37.9 Å². The molecule has 1 aliphatic heterocycles. The Labute approximate surface area is 154 Å². The zero-order valence-corrected chi connectivity index (χ0v) is 15.7. The molecule has 0 aliphatic carbocycles. The fourth-order valence-corrected chi connectivity index (χ4v) is 3.42. The first kappa shape index (κ1) is 18.5. The fourth-order valence-electron chi connectivity index (χ4n) is 3.42. The maximum absolute atomic E-state index is 13.3. The monoisotopic (exact) mass is 357 g/mol. The van der Waals surface area contributed by atoms with Crippen molar-refractivity contribution in [2.24, 2.45) is 0 Å². The van der Waals surface area contributed by atoms with Crippen LogP contribution in [0.15, 0.2) is 24.5 Å². The summed E-state index contributed by atoms with van der Waals surface area (Å²) in [4.78, 5) is 21.5. The molecule has 1 fully saturated rings. The summed E-state index contributed by atoms with van der Waals surface area (Å²) in [6.07, 6.45) is 4.31. The van der Waals surface area contributed by atoms with Gasteiger partial charge in [0.25, 0.3) is 0 Å². The van der Waals surface area contributed by atoms with E-state index in [2.05, 4.69) is 20.1 Å². The van der Waals surface area contributed by atoms with Crippen LogP contribution in [0, 0.1) is 13.8 Å². The summed E-state index contributed by atoms with van der Waals surface area (Å²) < 4.78 is 5.46. The van der Waals surface area contributed by atoms with Crippen LogP contribution in [0.25, 0.3) is 0 Å². The SMILES string of the molecule is Cc1n[nH]c(C)c1CCN(C)C(=O)[C@H](c1cccnc1)N1CCOCC1. The molecule has 2 aromatic heterocycles. The number of nitrogens with one attached hydrogen (secondary N) is 1.